The third-order valence-corrected chi connectivity index (χ3v) is 15.5. The van der Waals surface area contributed by atoms with Gasteiger partial charge in [-0.05, 0) is 167 Å². The molecule has 74 heavy (non-hydrogen) atoms. The van der Waals surface area contributed by atoms with Gasteiger partial charge in [0, 0.05) is 28.0 Å². The molecule has 11 aromatic rings. The number of halogens is 3. The predicted octanol–water partition coefficient (Wildman–Crippen LogP) is 18.9. The molecule has 1 unspecified atom stereocenters. The number of anilines is 3. The number of hydrogen-bond donors (Lipinski definition) is 0. The molecule has 2 aliphatic rings. The molecule has 13 rings (SSSR count). The van der Waals surface area contributed by atoms with Gasteiger partial charge in [0.25, 0.3) is 0 Å². The molecule has 354 valence electrons. The van der Waals surface area contributed by atoms with Crippen LogP contribution in [0.3, 0.4) is 0 Å². The summed E-state index contributed by atoms with van der Waals surface area (Å²) in [6.07, 6.45) is 0. The Balaban J connectivity index is 1.14. The molecule has 0 N–H and O–H groups in total. The molecule has 0 aliphatic heterocycles. The summed E-state index contributed by atoms with van der Waals surface area (Å²) in [5.74, 6) is -1.12. The number of benzene rings is 11. The average Bonchev–Trinajstić information content (AvgIpc) is 3.91. The van der Waals surface area contributed by atoms with E-state index in [1.54, 1.807) is 18.2 Å². The van der Waals surface area contributed by atoms with Gasteiger partial charge < -0.3 is 4.90 Å². The van der Waals surface area contributed by atoms with Gasteiger partial charge in [0.05, 0.1) is 5.41 Å². The lowest BCUT2D eigenvalue weighted by molar-refractivity contribution is 0.588. The Labute approximate surface area is 430 Å². The molecule has 0 bridgehead atoms. The van der Waals surface area contributed by atoms with Gasteiger partial charge in [0.2, 0.25) is 0 Å². The van der Waals surface area contributed by atoms with Crippen molar-refractivity contribution in [3.63, 3.8) is 0 Å². The molecule has 1 nitrogen and oxygen atoms in total. The first-order valence-corrected chi connectivity index (χ1v) is 25.1. The second-order valence-electron chi connectivity index (χ2n) is 20.0. The molecule has 1 atom stereocenters. The lowest BCUT2D eigenvalue weighted by Gasteiger charge is -2.35. The minimum Gasteiger partial charge on any atom is -0.310 e. The van der Waals surface area contributed by atoms with Crippen molar-refractivity contribution in [3.8, 4) is 66.8 Å². The molecule has 0 heterocycles. The van der Waals surface area contributed by atoms with Gasteiger partial charge in [-0.15, -0.1) is 0 Å². The fourth-order valence-electron chi connectivity index (χ4n) is 12.0. The van der Waals surface area contributed by atoms with Crippen LogP contribution < -0.4 is 4.90 Å². The van der Waals surface area contributed by atoms with Crippen LogP contribution in [0.5, 0.6) is 0 Å². The van der Waals surface area contributed by atoms with E-state index in [4.69, 9.17) is 0 Å². The van der Waals surface area contributed by atoms with Gasteiger partial charge in [-0.1, -0.05) is 196 Å². The minimum atomic E-state index is -1.21. The van der Waals surface area contributed by atoms with E-state index in [-0.39, 0.29) is 17.0 Å². The number of fused-ring (bicyclic) bond motifs is 6. The van der Waals surface area contributed by atoms with Crippen LogP contribution in [0.2, 0.25) is 0 Å². The highest BCUT2D eigenvalue weighted by molar-refractivity contribution is 6.00. The van der Waals surface area contributed by atoms with Crippen molar-refractivity contribution >= 4 is 17.1 Å². The van der Waals surface area contributed by atoms with Gasteiger partial charge in [-0.25, -0.2) is 13.2 Å². The molecule has 0 fully saturated rings. The van der Waals surface area contributed by atoms with Crippen molar-refractivity contribution in [2.75, 3.05) is 4.90 Å². The van der Waals surface area contributed by atoms with Crippen LogP contribution >= 0.6 is 0 Å². The van der Waals surface area contributed by atoms with Crippen LogP contribution in [0.25, 0.3) is 66.8 Å². The SMILES string of the molecule is CC1(C)c2ccccc2-c2ccc(N(c3ccc(-c4ccccc4)cc3)c3cc(-c4ccc(F)cc4)c4c(c3)C(c3ccccc3)(c3ccc(-c5ccccc5)cc3)c3c(F)cc(-c5ccc(F)cc5)cc3-4)cc21. The van der Waals surface area contributed by atoms with Crippen LogP contribution in [-0.4, -0.2) is 0 Å². The molecule has 0 aromatic heterocycles. The fraction of sp³-hybridized carbons (Fsp3) is 0.0571. The molecular formula is C70H48F3N. The molecule has 0 radical (unpaired) electrons. The molecule has 11 aromatic carbocycles. The first-order chi connectivity index (χ1) is 36.2. The molecule has 0 spiro atoms. The number of nitrogens with zero attached hydrogens (tertiary/aromatic N) is 1. The van der Waals surface area contributed by atoms with Crippen LogP contribution in [-0.2, 0) is 10.8 Å². The van der Waals surface area contributed by atoms with Crippen molar-refractivity contribution in [1.82, 2.24) is 0 Å². The van der Waals surface area contributed by atoms with Crippen LogP contribution in [0.15, 0.2) is 255 Å². The molecule has 0 saturated carbocycles. The summed E-state index contributed by atoms with van der Waals surface area (Å²) < 4.78 is 48.1. The van der Waals surface area contributed by atoms with Gasteiger partial charge in [0.15, 0.2) is 0 Å². The Hall–Kier alpha value is -8.99. The smallest absolute Gasteiger partial charge is 0.129 e. The molecule has 4 heteroatoms. The van der Waals surface area contributed by atoms with E-state index in [2.05, 4.69) is 176 Å². The highest BCUT2D eigenvalue weighted by atomic mass is 19.1. The van der Waals surface area contributed by atoms with Crippen molar-refractivity contribution in [2.24, 2.45) is 0 Å². The highest BCUT2D eigenvalue weighted by Gasteiger charge is 2.50. The van der Waals surface area contributed by atoms with E-state index in [0.717, 1.165) is 72.7 Å². The Kier molecular flexibility index (Phi) is 10.7. The van der Waals surface area contributed by atoms with Gasteiger partial charge >= 0.3 is 0 Å². The second kappa shape index (κ2) is 17.6. The van der Waals surface area contributed by atoms with E-state index >= 15 is 8.78 Å². The standard InChI is InChI=1S/C70H48F3N/c1-69(2)63-21-13-12-20-59(63)60-39-38-57(43-64(60)69)74(56-36-28-48(29-37-56)46-16-8-4-9-17-46)58-42-61(50-26-34-55(72)35-27-50)67-62-40-51(49-24-32-54(71)33-25-49)41-66(73)68(62)70(65(67)44-58,52-18-10-5-11-19-52)53-30-22-47(23-31-53)45-14-6-3-7-15-45/h3-44H,1-2H3. The lowest BCUT2D eigenvalue weighted by Crippen LogP contribution is -2.30. The van der Waals surface area contributed by atoms with Crippen molar-refractivity contribution in [3.05, 3.63) is 306 Å². The zero-order valence-electron chi connectivity index (χ0n) is 40.8. The summed E-state index contributed by atoms with van der Waals surface area (Å²) in [7, 11) is 0. The van der Waals surface area contributed by atoms with E-state index in [1.807, 2.05) is 54.6 Å². The van der Waals surface area contributed by atoms with Crippen LogP contribution in [0, 0.1) is 17.5 Å². The van der Waals surface area contributed by atoms with Crippen molar-refractivity contribution in [2.45, 2.75) is 24.7 Å². The zero-order valence-corrected chi connectivity index (χ0v) is 40.8. The Morgan fingerprint density at radius 3 is 1.42 bits per heavy atom. The quantitative estimate of drug-likeness (QED) is 0.139. The predicted molar refractivity (Wildman–Crippen MR) is 298 cm³/mol. The Bertz CT molecular complexity index is 3910. The van der Waals surface area contributed by atoms with Gasteiger partial charge in [-0.3, -0.25) is 0 Å². The Morgan fingerprint density at radius 1 is 0.311 bits per heavy atom. The van der Waals surface area contributed by atoms with Crippen molar-refractivity contribution in [1.29, 1.82) is 0 Å². The molecule has 2 aliphatic carbocycles. The van der Waals surface area contributed by atoms with E-state index in [0.29, 0.717) is 22.3 Å². The maximum Gasteiger partial charge on any atom is 0.129 e. The Morgan fingerprint density at radius 2 is 0.784 bits per heavy atom. The summed E-state index contributed by atoms with van der Waals surface area (Å²) in [5.41, 5.74) is 18.1. The molecule has 0 amide bonds. The summed E-state index contributed by atoms with van der Waals surface area (Å²) in [6, 6.07) is 84.5. The average molecular weight is 960 g/mol. The summed E-state index contributed by atoms with van der Waals surface area (Å²) in [4.78, 5) is 2.32. The van der Waals surface area contributed by atoms with E-state index in [9.17, 15) is 4.39 Å². The fourth-order valence-corrected chi connectivity index (χ4v) is 12.0. The number of rotatable bonds is 9. The van der Waals surface area contributed by atoms with Crippen molar-refractivity contribution < 1.29 is 13.2 Å². The van der Waals surface area contributed by atoms with Gasteiger partial charge in [0.1, 0.15) is 17.5 Å². The summed E-state index contributed by atoms with van der Waals surface area (Å²) >= 11 is 0. The van der Waals surface area contributed by atoms with Crippen LogP contribution in [0.4, 0.5) is 30.2 Å². The van der Waals surface area contributed by atoms with Crippen LogP contribution in [0.1, 0.15) is 47.2 Å². The third kappa shape index (κ3) is 7.23. The largest absolute Gasteiger partial charge is 0.310 e. The monoisotopic (exact) mass is 959 g/mol. The first-order valence-electron chi connectivity index (χ1n) is 25.1. The van der Waals surface area contributed by atoms with E-state index < -0.39 is 11.2 Å². The van der Waals surface area contributed by atoms with Gasteiger partial charge in [-0.2, -0.15) is 0 Å². The van der Waals surface area contributed by atoms with E-state index in [1.165, 1.54) is 46.5 Å². The molecule has 0 saturated heterocycles. The zero-order chi connectivity index (χ0) is 50.1. The summed E-state index contributed by atoms with van der Waals surface area (Å²) in [6.45, 7) is 4.59. The maximum absolute atomic E-state index is 18.4. The number of hydrogen-bond acceptors (Lipinski definition) is 1. The summed E-state index contributed by atoms with van der Waals surface area (Å²) in [5, 5.41) is 0. The third-order valence-electron chi connectivity index (χ3n) is 15.5. The maximum atomic E-state index is 18.4. The normalized spacial score (nSPS) is 14.7. The highest BCUT2D eigenvalue weighted by Crippen LogP contribution is 2.61. The second-order valence-corrected chi connectivity index (χ2v) is 20.0. The minimum absolute atomic E-state index is 0.280. The lowest BCUT2D eigenvalue weighted by atomic mass is 9.67. The molecular weight excluding hydrogens is 912 g/mol. The first kappa shape index (κ1) is 44.9. The topological polar surface area (TPSA) is 3.24 Å².